The number of para-hydroxylation sites is 1. The molecule has 0 saturated heterocycles. The fourth-order valence-electron chi connectivity index (χ4n) is 2.14. The van der Waals surface area contributed by atoms with E-state index in [1.165, 1.54) is 7.11 Å². The van der Waals surface area contributed by atoms with Gasteiger partial charge in [0.2, 0.25) is 0 Å². The molecular weight excluding hydrogens is 270 g/mol. The second-order valence-electron chi connectivity index (χ2n) is 5.17. The number of nitrogens with one attached hydrogen (secondary N) is 1. The zero-order valence-corrected chi connectivity index (χ0v) is 12.7. The Balaban J connectivity index is 2.33. The van der Waals surface area contributed by atoms with Gasteiger partial charge in [-0.3, -0.25) is 4.79 Å². The molecule has 0 aliphatic rings. The minimum atomic E-state index is -0.657. The van der Waals surface area contributed by atoms with Gasteiger partial charge in [-0.15, -0.1) is 11.3 Å². The van der Waals surface area contributed by atoms with E-state index in [0.717, 1.165) is 10.6 Å². The Hall–Kier alpha value is -1.81. The van der Waals surface area contributed by atoms with Crippen molar-refractivity contribution in [2.75, 3.05) is 12.4 Å². The number of thiophene rings is 1. The molecule has 20 heavy (non-hydrogen) atoms. The molecule has 0 radical (unpaired) electrons. The van der Waals surface area contributed by atoms with Crippen LogP contribution in [0.2, 0.25) is 0 Å². The SMILES string of the molecule is COC(=O)C(C)(C)C(Nc1ccccc1)c1cccs1. The molecule has 0 aliphatic carbocycles. The number of hydrogen-bond donors (Lipinski definition) is 1. The maximum absolute atomic E-state index is 12.1. The first-order valence-corrected chi connectivity index (χ1v) is 7.37. The van der Waals surface area contributed by atoms with Crippen molar-refractivity contribution in [3.8, 4) is 0 Å². The zero-order valence-electron chi connectivity index (χ0n) is 11.9. The van der Waals surface area contributed by atoms with Crippen LogP contribution in [-0.2, 0) is 9.53 Å². The lowest BCUT2D eigenvalue weighted by Gasteiger charge is -2.32. The molecule has 1 aromatic carbocycles. The molecule has 4 heteroatoms. The van der Waals surface area contributed by atoms with Crippen LogP contribution in [0.3, 0.4) is 0 Å². The molecule has 3 nitrogen and oxygen atoms in total. The van der Waals surface area contributed by atoms with E-state index < -0.39 is 5.41 Å². The van der Waals surface area contributed by atoms with Crippen LogP contribution < -0.4 is 5.32 Å². The summed E-state index contributed by atoms with van der Waals surface area (Å²) < 4.78 is 4.96. The van der Waals surface area contributed by atoms with Gasteiger partial charge in [-0.05, 0) is 37.4 Å². The van der Waals surface area contributed by atoms with Crippen LogP contribution >= 0.6 is 11.3 Å². The quantitative estimate of drug-likeness (QED) is 0.842. The van der Waals surface area contributed by atoms with Crippen LogP contribution in [0.15, 0.2) is 47.8 Å². The molecule has 1 unspecified atom stereocenters. The van der Waals surface area contributed by atoms with Crippen LogP contribution in [0.25, 0.3) is 0 Å². The molecule has 0 bridgehead atoms. The third-order valence-corrected chi connectivity index (χ3v) is 4.28. The summed E-state index contributed by atoms with van der Waals surface area (Å²) in [5.41, 5.74) is 0.331. The highest BCUT2D eigenvalue weighted by atomic mass is 32.1. The van der Waals surface area contributed by atoms with E-state index in [9.17, 15) is 4.79 Å². The van der Waals surface area contributed by atoms with Gasteiger partial charge < -0.3 is 10.1 Å². The summed E-state index contributed by atoms with van der Waals surface area (Å²) in [6.45, 7) is 3.80. The number of benzene rings is 1. The molecule has 106 valence electrons. The minimum absolute atomic E-state index is 0.127. The van der Waals surface area contributed by atoms with Gasteiger partial charge in [0.15, 0.2) is 0 Å². The lowest BCUT2D eigenvalue weighted by Crippen LogP contribution is -2.36. The summed E-state index contributed by atoms with van der Waals surface area (Å²) >= 11 is 1.63. The summed E-state index contributed by atoms with van der Waals surface area (Å²) in [5.74, 6) is -0.223. The Labute approximate surface area is 123 Å². The monoisotopic (exact) mass is 289 g/mol. The molecule has 0 fully saturated rings. The summed E-state index contributed by atoms with van der Waals surface area (Å²) in [6.07, 6.45) is 0. The lowest BCUT2D eigenvalue weighted by molar-refractivity contribution is -0.151. The molecule has 0 amide bonds. The number of hydrogen-bond acceptors (Lipinski definition) is 4. The summed E-state index contributed by atoms with van der Waals surface area (Å²) in [6, 6.07) is 13.8. The van der Waals surface area contributed by atoms with Crippen molar-refractivity contribution >= 4 is 23.0 Å². The molecule has 0 spiro atoms. The molecule has 2 rings (SSSR count). The number of methoxy groups -OCH3 is 1. The highest BCUT2D eigenvalue weighted by Gasteiger charge is 2.39. The Kier molecular flexibility index (Phi) is 4.45. The Morgan fingerprint density at radius 1 is 1.20 bits per heavy atom. The minimum Gasteiger partial charge on any atom is -0.469 e. The van der Waals surface area contributed by atoms with Gasteiger partial charge in [-0.1, -0.05) is 24.3 Å². The average molecular weight is 289 g/mol. The maximum atomic E-state index is 12.1. The molecule has 1 N–H and O–H groups in total. The van der Waals surface area contributed by atoms with E-state index in [1.54, 1.807) is 11.3 Å². The lowest BCUT2D eigenvalue weighted by atomic mass is 9.83. The number of ether oxygens (including phenoxy) is 1. The first kappa shape index (κ1) is 14.6. The van der Waals surface area contributed by atoms with Gasteiger partial charge in [-0.25, -0.2) is 0 Å². The first-order valence-electron chi connectivity index (χ1n) is 6.49. The van der Waals surface area contributed by atoms with E-state index in [2.05, 4.69) is 5.32 Å². The number of esters is 1. The molecule has 1 heterocycles. The third-order valence-electron chi connectivity index (χ3n) is 3.35. The van der Waals surface area contributed by atoms with Crippen LogP contribution in [-0.4, -0.2) is 13.1 Å². The number of carbonyl (C=O) groups is 1. The van der Waals surface area contributed by atoms with E-state index >= 15 is 0 Å². The number of rotatable bonds is 5. The maximum Gasteiger partial charge on any atom is 0.313 e. The van der Waals surface area contributed by atoms with Crippen LogP contribution in [0.5, 0.6) is 0 Å². The largest absolute Gasteiger partial charge is 0.469 e. The van der Waals surface area contributed by atoms with E-state index in [-0.39, 0.29) is 12.0 Å². The molecule has 1 atom stereocenters. The zero-order chi connectivity index (χ0) is 14.6. The smallest absolute Gasteiger partial charge is 0.313 e. The van der Waals surface area contributed by atoms with Crippen molar-refractivity contribution in [3.05, 3.63) is 52.7 Å². The number of carbonyl (C=O) groups excluding carboxylic acids is 1. The van der Waals surface area contributed by atoms with Crippen LogP contribution in [0.1, 0.15) is 24.8 Å². The highest BCUT2D eigenvalue weighted by Crippen LogP contribution is 2.39. The average Bonchev–Trinajstić information content (AvgIpc) is 2.98. The fraction of sp³-hybridized carbons (Fsp3) is 0.312. The summed E-state index contributed by atoms with van der Waals surface area (Å²) in [5, 5.41) is 5.46. The van der Waals surface area contributed by atoms with Gasteiger partial charge in [-0.2, -0.15) is 0 Å². The third kappa shape index (κ3) is 3.02. The normalized spacial score (nSPS) is 12.8. The second-order valence-corrected chi connectivity index (χ2v) is 6.15. The first-order chi connectivity index (χ1) is 9.55. The fourth-order valence-corrected chi connectivity index (χ4v) is 3.11. The van der Waals surface area contributed by atoms with Crippen molar-refractivity contribution in [3.63, 3.8) is 0 Å². The number of anilines is 1. The summed E-state index contributed by atoms with van der Waals surface area (Å²) in [4.78, 5) is 13.2. The topological polar surface area (TPSA) is 38.3 Å². The molecule has 2 aromatic rings. The predicted molar refractivity (Wildman–Crippen MR) is 82.9 cm³/mol. The van der Waals surface area contributed by atoms with Crippen molar-refractivity contribution < 1.29 is 9.53 Å². The van der Waals surface area contributed by atoms with Gasteiger partial charge in [0.05, 0.1) is 18.6 Å². The molecular formula is C16H19NO2S. The van der Waals surface area contributed by atoms with Gasteiger partial charge in [0.1, 0.15) is 0 Å². The predicted octanol–water partition coefficient (Wildman–Crippen LogP) is 4.10. The van der Waals surface area contributed by atoms with Crippen molar-refractivity contribution in [1.82, 2.24) is 0 Å². The molecule has 0 aliphatic heterocycles. The summed E-state index contributed by atoms with van der Waals surface area (Å²) in [7, 11) is 1.43. The standard InChI is InChI=1S/C16H19NO2S/c1-16(2,15(18)19-3)14(13-10-7-11-20-13)17-12-8-5-4-6-9-12/h4-11,14,17H,1-3H3. The second kappa shape index (κ2) is 6.09. The van der Waals surface area contributed by atoms with E-state index in [0.29, 0.717) is 0 Å². The Morgan fingerprint density at radius 2 is 1.90 bits per heavy atom. The Morgan fingerprint density at radius 3 is 2.45 bits per heavy atom. The highest BCUT2D eigenvalue weighted by molar-refractivity contribution is 7.10. The Bertz CT molecular complexity index is 549. The van der Waals surface area contributed by atoms with Crippen molar-refractivity contribution in [1.29, 1.82) is 0 Å². The van der Waals surface area contributed by atoms with Gasteiger partial charge >= 0.3 is 5.97 Å². The van der Waals surface area contributed by atoms with E-state index in [1.807, 2.05) is 61.7 Å². The van der Waals surface area contributed by atoms with Gasteiger partial charge in [0, 0.05) is 10.6 Å². The van der Waals surface area contributed by atoms with Crippen LogP contribution in [0.4, 0.5) is 5.69 Å². The molecule has 1 aromatic heterocycles. The van der Waals surface area contributed by atoms with Crippen LogP contribution in [0, 0.1) is 5.41 Å². The van der Waals surface area contributed by atoms with Gasteiger partial charge in [0.25, 0.3) is 0 Å². The van der Waals surface area contributed by atoms with Crippen molar-refractivity contribution in [2.24, 2.45) is 5.41 Å². The molecule has 0 saturated carbocycles. The van der Waals surface area contributed by atoms with Crippen molar-refractivity contribution in [2.45, 2.75) is 19.9 Å². The van der Waals surface area contributed by atoms with E-state index in [4.69, 9.17) is 4.74 Å².